The largest absolute Gasteiger partial charge is 0.477 e. The van der Waals surface area contributed by atoms with E-state index in [1.54, 1.807) is 60.7 Å². The molecule has 46 heavy (non-hydrogen) atoms. The van der Waals surface area contributed by atoms with E-state index in [1.807, 2.05) is 0 Å². The number of nitrogens with zero attached hydrogens (tertiary/aromatic N) is 5. The summed E-state index contributed by atoms with van der Waals surface area (Å²) < 4.78 is 0. The van der Waals surface area contributed by atoms with E-state index in [4.69, 9.17) is 25.5 Å². The molecule has 0 aliphatic heterocycles. The van der Waals surface area contributed by atoms with E-state index in [2.05, 4.69) is 24.9 Å². The Kier molecular flexibility index (Phi) is 20.0. The molecule has 235 valence electrons. The molecule has 0 amide bonds. The molecule has 5 N–H and O–H groups in total. The summed E-state index contributed by atoms with van der Waals surface area (Å²) in [5.41, 5.74) is 0.405. The van der Waals surface area contributed by atoms with E-state index in [1.165, 1.54) is 61.3 Å². The number of carboxylic acids is 5. The maximum Gasteiger partial charge on any atom is 0.354 e. The molecule has 5 heterocycles. The monoisotopic (exact) mass is 666 g/mol. The van der Waals surface area contributed by atoms with E-state index >= 15 is 0 Å². The van der Waals surface area contributed by atoms with Gasteiger partial charge in [-0.05, 0) is 60.7 Å². The Morgan fingerprint density at radius 2 is 0.478 bits per heavy atom. The van der Waals surface area contributed by atoms with E-state index in [0.29, 0.717) is 0 Å². The fourth-order valence-electron chi connectivity index (χ4n) is 2.45. The average molecular weight is 666 g/mol. The van der Waals surface area contributed by atoms with Crippen LogP contribution in [0, 0.1) is 0 Å². The predicted octanol–water partition coefficient (Wildman–Crippen LogP) is 3.90. The van der Waals surface area contributed by atoms with Gasteiger partial charge < -0.3 is 25.5 Å². The van der Waals surface area contributed by atoms with Crippen LogP contribution in [-0.2, 0) is 18.6 Å². The molecule has 5 rings (SSSR count). The van der Waals surface area contributed by atoms with Crippen molar-refractivity contribution in [1.29, 1.82) is 0 Å². The topological polar surface area (TPSA) is 251 Å². The van der Waals surface area contributed by atoms with Crippen LogP contribution >= 0.6 is 0 Å². The van der Waals surface area contributed by atoms with Crippen molar-refractivity contribution in [3.63, 3.8) is 0 Å². The molecular formula is C30H25N5O10V. The first-order valence-electron chi connectivity index (χ1n) is 12.2. The second kappa shape index (κ2) is 23.2. The SMILES string of the molecule is O=C(O)c1ccccn1.O=C(O)c1ccccn1.O=C(O)c1ccccn1.O=C(O)c1ccccn1.O=C(O)c1ccccn1.[V]. The Bertz CT molecular complexity index is 1330. The molecule has 0 spiro atoms. The molecule has 5 aromatic rings. The van der Waals surface area contributed by atoms with Gasteiger partial charge in [0.15, 0.2) is 0 Å². The number of carboxylic acid groups (broad SMARTS) is 5. The van der Waals surface area contributed by atoms with Gasteiger partial charge in [0.25, 0.3) is 0 Å². The van der Waals surface area contributed by atoms with Crippen LogP contribution in [0.15, 0.2) is 122 Å². The number of pyridine rings is 5. The quantitative estimate of drug-likeness (QED) is 0.178. The molecule has 0 aliphatic carbocycles. The third-order valence-electron chi connectivity index (χ3n) is 4.42. The van der Waals surface area contributed by atoms with Crippen molar-refractivity contribution in [2.24, 2.45) is 0 Å². The van der Waals surface area contributed by atoms with Crippen LogP contribution in [0.2, 0.25) is 0 Å². The van der Waals surface area contributed by atoms with Crippen LogP contribution in [0.5, 0.6) is 0 Å². The normalized spacial score (nSPS) is 8.70. The number of aromatic nitrogens is 5. The van der Waals surface area contributed by atoms with E-state index < -0.39 is 29.8 Å². The van der Waals surface area contributed by atoms with Crippen molar-refractivity contribution in [2.75, 3.05) is 0 Å². The first-order chi connectivity index (χ1) is 21.5. The molecule has 0 fully saturated rings. The van der Waals surface area contributed by atoms with Gasteiger partial charge in [0.2, 0.25) is 0 Å². The van der Waals surface area contributed by atoms with Crippen LogP contribution in [0.4, 0.5) is 0 Å². The van der Waals surface area contributed by atoms with Gasteiger partial charge in [0, 0.05) is 49.5 Å². The number of rotatable bonds is 5. The smallest absolute Gasteiger partial charge is 0.354 e. The minimum Gasteiger partial charge on any atom is -0.477 e. The summed E-state index contributed by atoms with van der Waals surface area (Å²) in [4.78, 5) is 68.6. The Labute approximate surface area is 272 Å². The Hall–Kier alpha value is -6.32. The molecule has 16 heteroatoms. The van der Waals surface area contributed by atoms with Gasteiger partial charge in [-0.2, -0.15) is 0 Å². The molecule has 0 unspecified atom stereocenters. The van der Waals surface area contributed by atoms with Crippen LogP contribution in [0.25, 0.3) is 0 Å². The second-order valence-corrected chi connectivity index (χ2v) is 7.60. The number of hydrogen-bond acceptors (Lipinski definition) is 10. The summed E-state index contributed by atoms with van der Waals surface area (Å²) >= 11 is 0. The standard InChI is InChI=1S/5C6H5NO2.V/c5*8-6(9)5-3-1-2-4-7-5;/h5*1-4H,(H,8,9);. The number of hydrogen-bond donors (Lipinski definition) is 5. The molecule has 1 radical (unpaired) electrons. The van der Waals surface area contributed by atoms with E-state index in [0.717, 1.165) is 0 Å². The summed E-state index contributed by atoms with van der Waals surface area (Å²) in [6, 6.07) is 23.8. The van der Waals surface area contributed by atoms with E-state index in [9.17, 15) is 24.0 Å². The molecule has 0 saturated heterocycles. The van der Waals surface area contributed by atoms with Gasteiger partial charge in [-0.25, -0.2) is 48.9 Å². The summed E-state index contributed by atoms with van der Waals surface area (Å²) in [7, 11) is 0. The van der Waals surface area contributed by atoms with Crippen molar-refractivity contribution in [3.8, 4) is 0 Å². The van der Waals surface area contributed by atoms with Crippen LogP contribution in [-0.4, -0.2) is 80.3 Å². The third kappa shape index (κ3) is 17.6. The number of carbonyl (C=O) groups is 5. The summed E-state index contributed by atoms with van der Waals surface area (Å²) in [6.45, 7) is 0. The molecule has 0 bridgehead atoms. The Morgan fingerprint density at radius 1 is 0.326 bits per heavy atom. The molecule has 0 saturated carbocycles. The minimum absolute atomic E-state index is 0. The zero-order valence-corrected chi connectivity index (χ0v) is 24.9. The average Bonchev–Trinajstić information content (AvgIpc) is 3.08. The maximum absolute atomic E-state index is 10.1. The van der Waals surface area contributed by atoms with Crippen molar-refractivity contribution >= 4 is 29.8 Å². The maximum atomic E-state index is 10.1. The zero-order chi connectivity index (χ0) is 33.5. The van der Waals surface area contributed by atoms with Gasteiger partial charge in [-0.1, -0.05) is 30.3 Å². The van der Waals surface area contributed by atoms with Crippen LogP contribution in [0.1, 0.15) is 52.4 Å². The molecule has 0 aliphatic rings. The molecule has 0 aromatic carbocycles. The zero-order valence-electron chi connectivity index (χ0n) is 23.5. The van der Waals surface area contributed by atoms with E-state index in [-0.39, 0.29) is 47.0 Å². The van der Waals surface area contributed by atoms with Crippen molar-refractivity contribution < 1.29 is 68.1 Å². The minimum atomic E-state index is -0.990. The molecule has 0 atom stereocenters. The first kappa shape index (κ1) is 39.7. The van der Waals surface area contributed by atoms with Crippen molar-refractivity contribution in [3.05, 3.63) is 150 Å². The number of aromatic carboxylic acids is 5. The van der Waals surface area contributed by atoms with Gasteiger partial charge in [0.1, 0.15) is 28.5 Å². The van der Waals surface area contributed by atoms with Crippen molar-refractivity contribution in [2.45, 2.75) is 0 Å². The molecular weight excluding hydrogens is 641 g/mol. The van der Waals surface area contributed by atoms with Gasteiger partial charge in [0.05, 0.1) is 0 Å². The molecule has 5 aromatic heterocycles. The first-order valence-corrected chi connectivity index (χ1v) is 12.2. The van der Waals surface area contributed by atoms with Gasteiger partial charge >= 0.3 is 29.8 Å². The summed E-state index contributed by atoms with van der Waals surface area (Å²) in [5.74, 6) is -4.95. The van der Waals surface area contributed by atoms with Crippen molar-refractivity contribution in [1.82, 2.24) is 24.9 Å². The van der Waals surface area contributed by atoms with Gasteiger partial charge in [-0.3, -0.25) is 0 Å². The predicted molar refractivity (Wildman–Crippen MR) is 156 cm³/mol. The third-order valence-corrected chi connectivity index (χ3v) is 4.42. The Morgan fingerprint density at radius 3 is 0.543 bits per heavy atom. The Balaban J connectivity index is 0.000000547. The second-order valence-electron chi connectivity index (χ2n) is 7.60. The fourth-order valence-corrected chi connectivity index (χ4v) is 2.45. The summed E-state index contributed by atoms with van der Waals surface area (Å²) in [6.07, 6.45) is 7.24. The van der Waals surface area contributed by atoms with Crippen LogP contribution in [0.3, 0.4) is 0 Å². The van der Waals surface area contributed by atoms with Crippen LogP contribution < -0.4 is 0 Å². The fraction of sp³-hybridized carbons (Fsp3) is 0. The van der Waals surface area contributed by atoms with Gasteiger partial charge in [-0.15, -0.1) is 0 Å². The molecule has 15 nitrogen and oxygen atoms in total. The summed E-state index contributed by atoms with van der Waals surface area (Å²) in [5, 5.41) is 41.6.